The number of methoxy groups -OCH3 is 1. The average molecular weight is 412 g/mol. The predicted octanol–water partition coefficient (Wildman–Crippen LogP) is 6.91. The first-order chi connectivity index (χ1) is 15.2. The number of nitrogens with one attached hydrogen (secondary N) is 1. The molecular weight excluding hydrogens is 382 g/mol. The van der Waals surface area contributed by atoms with Crippen LogP contribution in [0.4, 0.5) is 5.69 Å². The summed E-state index contributed by atoms with van der Waals surface area (Å²) in [5, 5.41) is 6.25. The molecule has 4 aromatic carbocycles. The summed E-state index contributed by atoms with van der Waals surface area (Å²) in [6.07, 6.45) is 1.02. The standard InChI is InChI=1S/C28H29NO2/c1-4-22-15-16-23-10-5-6-12-25(23)26(22)18-29-27-13-8-14-28(20(27)2)31-19-21-9-7-11-24(17-21)30-3/h5-17,29H,4,18-19H2,1-3H3. The lowest BCUT2D eigenvalue weighted by atomic mass is 9.97. The summed E-state index contributed by atoms with van der Waals surface area (Å²) in [6.45, 7) is 5.61. The van der Waals surface area contributed by atoms with Gasteiger partial charge in [0.2, 0.25) is 0 Å². The molecule has 0 fully saturated rings. The summed E-state index contributed by atoms with van der Waals surface area (Å²) in [5.74, 6) is 1.73. The number of benzene rings is 4. The van der Waals surface area contributed by atoms with Crippen molar-refractivity contribution in [2.75, 3.05) is 12.4 Å². The second-order valence-electron chi connectivity index (χ2n) is 7.70. The largest absolute Gasteiger partial charge is 0.497 e. The van der Waals surface area contributed by atoms with E-state index in [0.29, 0.717) is 6.61 Å². The van der Waals surface area contributed by atoms with Crippen molar-refractivity contribution < 1.29 is 9.47 Å². The average Bonchev–Trinajstić information content (AvgIpc) is 2.82. The van der Waals surface area contributed by atoms with Gasteiger partial charge in [0.1, 0.15) is 18.1 Å². The third kappa shape index (κ3) is 4.66. The molecule has 1 N–H and O–H groups in total. The Bertz CT molecular complexity index is 1180. The molecule has 0 atom stereocenters. The van der Waals surface area contributed by atoms with Gasteiger partial charge in [0, 0.05) is 17.8 Å². The first-order valence-electron chi connectivity index (χ1n) is 10.8. The molecule has 0 heterocycles. The highest BCUT2D eigenvalue weighted by atomic mass is 16.5. The van der Waals surface area contributed by atoms with Crippen LogP contribution in [0.2, 0.25) is 0 Å². The molecule has 0 aliphatic carbocycles. The van der Waals surface area contributed by atoms with E-state index in [4.69, 9.17) is 9.47 Å². The first kappa shape index (κ1) is 20.8. The van der Waals surface area contributed by atoms with Gasteiger partial charge < -0.3 is 14.8 Å². The van der Waals surface area contributed by atoms with Gasteiger partial charge in [-0.3, -0.25) is 0 Å². The smallest absolute Gasteiger partial charge is 0.124 e. The molecular formula is C28H29NO2. The second-order valence-corrected chi connectivity index (χ2v) is 7.70. The number of anilines is 1. The molecule has 0 bridgehead atoms. The second kappa shape index (κ2) is 9.57. The maximum atomic E-state index is 6.13. The number of rotatable bonds is 8. The minimum Gasteiger partial charge on any atom is -0.497 e. The van der Waals surface area contributed by atoms with Crippen LogP contribution in [-0.4, -0.2) is 7.11 Å². The van der Waals surface area contributed by atoms with Crippen LogP contribution in [0.15, 0.2) is 78.9 Å². The summed E-state index contributed by atoms with van der Waals surface area (Å²) < 4.78 is 11.4. The summed E-state index contributed by atoms with van der Waals surface area (Å²) in [5.41, 5.74) is 6.04. The molecule has 0 amide bonds. The zero-order valence-corrected chi connectivity index (χ0v) is 18.4. The minimum atomic E-state index is 0.505. The third-order valence-electron chi connectivity index (χ3n) is 5.79. The highest BCUT2D eigenvalue weighted by molar-refractivity contribution is 5.87. The summed E-state index contributed by atoms with van der Waals surface area (Å²) in [4.78, 5) is 0. The molecule has 158 valence electrons. The highest BCUT2D eigenvalue weighted by Crippen LogP contribution is 2.29. The van der Waals surface area contributed by atoms with Crippen LogP contribution < -0.4 is 14.8 Å². The number of fused-ring (bicyclic) bond motifs is 1. The van der Waals surface area contributed by atoms with Crippen LogP contribution in [-0.2, 0) is 19.6 Å². The minimum absolute atomic E-state index is 0.505. The Morgan fingerprint density at radius 3 is 2.55 bits per heavy atom. The van der Waals surface area contributed by atoms with Crippen molar-refractivity contribution in [1.82, 2.24) is 0 Å². The first-order valence-corrected chi connectivity index (χ1v) is 10.8. The molecule has 31 heavy (non-hydrogen) atoms. The van der Waals surface area contributed by atoms with Crippen molar-refractivity contribution in [3.63, 3.8) is 0 Å². The lowest BCUT2D eigenvalue weighted by Gasteiger charge is -2.17. The molecule has 0 unspecified atom stereocenters. The van der Waals surface area contributed by atoms with Gasteiger partial charge in [-0.05, 0) is 65.1 Å². The van der Waals surface area contributed by atoms with Crippen LogP contribution in [0.1, 0.15) is 29.2 Å². The van der Waals surface area contributed by atoms with E-state index in [2.05, 4.69) is 61.6 Å². The van der Waals surface area contributed by atoms with Crippen molar-refractivity contribution in [2.45, 2.75) is 33.4 Å². The van der Waals surface area contributed by atoms with Crippen molar-refractivity contribution in [3.05, 3.63) is 101 Å². The van der Waals surface area contributed by atoms with Gasteiger partial charge in [-0.25, -0.2) is 0 Å². The van der Waals surface area contributed by atoms with Crippen molar-refractivity contribution in [1.29, 1.82) is 0 Å². The fourth-order valence-corrected chi connectivity index (χ4v) is 3.99. The molecule has 3 heteroatoms. The Hall–Kier alpha value is -3.46. The maximum Gasteiger partial charge on any atom is 0.124 e. The Kier molecular flexibility index (Phi) is 6.42. The van der Waals surface area contributed by atoms with Gasteiger partial charge in [-0.15, -0.1) is 0 Å². The van der Waals surface area contributed by atoms with E-state index in [1.54, 1.807) is 7.11 Å². The van der Waals surface area contributed by atoms with Crippen molar-refractivity contribution in [3.8, 4) is 11.5 Å². The topological polar surface area (TPSA) is 30.5 Å². The quantitative estimate of drug-likeness (QED) is 0.342. The third-order valence-corrected chi connectivity index (χ3v) is 5.79. The molecule has 0 aliphatic rings. The number of ether oxygens (including phenoxy) is 2. The van der Waals surface area contributed by atoms with Gasteiger partial charge in [0.05, 0.1) is 7.11 Å². The van der Waals surface area contributed by atoms with E-state index in [1.807, 2.05) is 36.4 Å². The van der Waals surface area contributed by atoms with E-state index in [1.165, 1.54) is 21.9 Å². The fourth-order valence-electron chi connectivity index (χ4n) is 3.99. The highest BCUT2D eigenvalue weighted by Gasteiger charge is 2.09. The maximum absolute atomic E-state index is 6.13. The summed E-state index contributed by atoms with van der Waals surface area (Å²) in [7, 11) is 1.68. The van der Waals surface area contributed by atoms with Crippen molar-refractivity contribution >= 4 is 16.5 Å². The summed E-state index contributed by atoms with van der Waals surface area (Å²) >= 11 is 0. The number of hydrogen-bond donors (Lipinski definition) is 1. The van der Waals surface area contributed by atoms with Gasteiger partial charge in [0.25, 0.3) is 0 Å². The Morgan fingerprint density at radius 2 is 1.71 bits per heavy atom. The Balaban J connectivity index is 1.52. The van der Waals surface area contributed by atoms with E-state index >= 15 is 0 Å². The summed E-state index contributed by atoms with van der Waals surface area (Å²) in [6, 6.07) is 27.2. The number of aryl methyl sites for hydroxylation is 1. The van der Waals surface area contributed by atoms with Gasteiger partial charge in [-0.1, -0.05) is 61.5 Å². The van der Waals surface area contributed by atoms with Crippen LogP contribution in [0.5, 0.6) is 11.5 Å². The van der Waals surface area contributed by atoms with E-state index in [-0.39, 0.29) is 0 Å². The zero-order chi connectivity index (χ0) is 21.6. The van der Waals surface area contributed by atoms with Crippen LogP contribution in [0.25, 0.3) is 10.8 Å². The Labute approximate surface area is 184 Å². The molecule has 0 radical (unpaired) electrons. The van der Waals surface area contributed by atoms with E-state index < -0.39 is 0 Å². The molecule has 0 spiro atoms. The zero-order valence-electron chi connectivity index (χ0n) is 18.4. The molecule has 0 aliphatic heterocycles. The molecule has 0 saturated carbocycles. The molecule has 0 saturated heterocycles. The predicted molar refractivity (Wildman–Crippen MR) is 129 cm³/mol. The molecule has 4 rings (SSSR count). The monoisotopic (exact) mass is 411 g/mol. The van der Waals surface area contributed by atoms with Gasteiger partial charge >= 0.3 is 0 Å². The lowest BCUT2D eigenvalue weighted by Crippen LogP contribution is -2.06. The van der Waals surface area contributed by atoms with Crippen LogP contribution in [0.3, 0.4) is 0 Å². The molecule has 4 aromatic rings. The SMILES string of the molecule is CCc1ccc2ccccc2c1CNc1cccc(OCc2cccc(OC)c2)c1C. The van der Waals surface area contributed by atoms with E-state index in [0.717, 1.165) is 41.3 Å². The van der Waals surface area contributed by atoms with Gasteiger partial charge in [-0.2, -0.15) is 0 Å². The fraction of sp³-hybridized carbons (Fsp3) is 0.214. The Morgan fingerprint density at radius 1 is 0.871 bits per heavy atom. The molecule has 3 nitrogen and oxygen atoms in total. The van der Waals surface area contributed by atoms with Gasteiger partial charge in [0.15, 0.2) is 0 Å². The van der Waals surface area contributed by atoms with Crippen LogP contribution in [0, 0.1) is 6.92 Å². The number of hydrogen-bond acceptors (Lipinski definition) is 3. The molecule has 0 aromatic heterocycles. The van der Waals surface area contributed by atoms with E-state index in [9.17, 15) is 0 Å². The normalized spacial score (nSPS) is 10.8. The lowest BCUT2D eigenvalue weighted by molar-refractivity contribution is 0.303. The van der Waals surface area contributed by atoms with Crippen LogP contribution >= 0.6 is 0 Å². The van der Waals surface area contributed by atoms with Crippen molar-refractivity contribution in [2.24, 2.45) is 0 Å².